The van der Waals surface area contributed by atoms with Gasteiger partial charge in [0.15, 0.2) is 0 Å². The van der Waals surface area contributed by atoms with Crippen molar-refractivity contribution in [3.8, 4) is 5.75 Å². The lowest BCUT2D eigenvalue weighted by atomic mass is 10.2. The van der Waals surface area contributed by atoms with Crippen LogP contribution in [-0.4, -0.2) is 22.6 Å². The number of anilines is 2. The van der Waals surface area contributed by atoms with E-state index in [1.807, 2.05) is 42.5 Å². The first-order valence-electron chi connectivity index (χ1n) is 10.3. The average Bonchev–Trinajstić information content (AvgIpc) is 2.96. The Hall–Kier alpha value is -3.60. The van der Waals surface area contributed by atoms with Gasteiger partial charge in [-0.3, -0.25) is 0 Å². The fourth-order valence-corrected chi connectivity index (χ4v) is 3.86. The zero-order valence-electron chi connectivity index (χ0n) is 17.0. The standard InChI is InChI=1S/C25H24N4O/c1-18-16-29(17-20-11-5-8-14-23(20)30-18)25-27-22-13-7-6-12-21(22)24(28-25)26-15-19-9-3-2-4-10-19/h2-14,18H,15-17H2,1H3,(H,26,27,28). The summed E-state index contributed by atoms with van der Waals surface area (Å²) in [5.74, 6) is 2.51. The second-order valence-corrected chi connectivity index (χ2v) is 7.65. The lowest BCUT2D eigenvalue weighted by Gasteiger charge is -2.23. The molecule has 1 aliphatic heterocycles. The summed E-state index contributed by atoms with van der Waals surface area (Å²) in [6, 6.07) is 26.7. The van der Waals surface area contributed by atoms with Crippen molar-refractivity contribution < 1.29 is 4.74 Å². The molecule has 1 unspecified atom stereocenters. The number of hydrogen-bond donors (Lipinski definition) is 1. The number of para-hydroxylation sites is 2. The van der Waals surface area contributed by atoms with Crippen molar-refractivity contribution in [1.29, 1.82) is 0 Å². The van der Waals surface area contributed by atoms with E-state index in [2.05, 4.69) is 53.5 Å². The molecule has 30 heavy (non-hydrogen) atoms. The van der Waals surface area contributed by atoms with Gasteiger partial charge in [0.25, 0.3) is 0 Å². The van der Waals surface area contributed by atoms with E-state index in [1.165, 1.54) is 5.56 Å². The van der Waals surface area contributed by atoms with Crippen molar-refractivity contribution in [1.82, 2.24) is 9.97 Å². The highest BCUT2D eigenvalue weighted by atomic mass is 16.5. The van der Waals surface area contributed by atoms with E-state index in [9.17, 15) is 0 Å². The fourth-order valence-electron chi connectivity index (χ4n) is 3.86. The van der Waals surface area contributed by atoms with Crippen molar-refractivity contribution in [3.05, 3.63) is 90.0 Å². The Kier molecular flexibility index (Phi) is 4.93. The van der Waals surface area contributed by atoms with Crippen LogP contribution in [0.25, 0.3) is 10.9 Å². The second-order valence-electron chi connectivity index (χ2n) is 7.65. The Balaban J connectivity index is 1.51. The maximum atomic E-state index is 6.12. The highest BCUT2D eigenvalue weighted by Gasteiger charge is 2.22. The topological polar surface area (TPSA) is 50.3 Å². The molecular weight excluding hydrogens is 372 g/mol. The summed E-state index contributed by atoms with van der Waals surface area (Å²) < 4.78 is 6.12. The van der Waals surface area contributed by atoms with Crippen molar-refractivity contribution in [2.75, 3.05) is 16.8 Å². The quantitative estimate of drug-likeness (QED) is 0.524. The molecule has 0 aliphatic carbocycles. The number of fused-ring (bicyclic) bond motifs is 2. The van der Waals surface area contributed by atoms with Crippen LogP contribution in [0.2, 0.25) is 0 Å². The Morgan fingerprint density at radius 3 is 2.60 bits per heavy atom. The Morgan fingerprint density at radius 2 is 1.70 bits per heavy atom. The molecule has 0 radical (unpaired) electrons. The summed E-state index contributed by atoms with van der Waals surface area (Å²) >= 11 is 0. The molecule has 0 saturated carbocycles. The number of nitrogens with zero attached hydrogens (tertiary/aromatic N) is 3. The molecule has 4 aromatic rings. The van der Waals surface area contributed by atoms with Crippen LogP contribution in [0.1, 0.15) is 18.1 Å². The summed E-state index contributed by atoms with van der Waals surface area (Å²) in [4.78, 5) is 12.0. The number of benzene rings is 3. The molecule has 0 amide bonds. The first kappa shape index (κ1) is 18.4. The summed E-state index contributed by atoms with van der Waals surface area (Å²) in [5.41, 5.74) is 3.30. The van der Waals surface area contributed by atoms with Crippen molar-refractivity contribution in [3.63, 3.8) is 0 Å². The van der Waals surface area contributed by atoms with Crippen molar-refractivity contribution in [2.24, 2.45) is 0 Å². The van der Waals surface area contributed by atoms with Crippen LogP contribution in [0.15, 0.2) is 78.9 Å². The molecule has 3 aromatic carbocycles. The van der Waals surface area contributed by atoms with Gasteiger partial charge in [-0.1, -0.05) is 60.7 Å². The average molecular weight is 396 g/mol. The molecule has 0 fully saturated rings. The fraction of sp³-hybridized carbons (Fsp3) is 0.200. The van der Waals surface area contributed by atoms with Gasteiger partial charge in [0.1, 0.15) is 17.7 Å². The van der Waals surface area contributed by atoms with Crippen LogP contribution >= 0.6 is 0 Å². The minimum atomic E-state index is 0.0458. The van der Waals surface area contributed by atoms with Gasteiger partial charge in [-0.25, -0.2) is 4.98 Å². The molecule has 1 N–H and O–H groups in total. The lowest BCUT2D eigenvalue weighted by Crippen LogP contribution is -2.32. The van der Waals surface area contributed by atoms with Gasteiger partial charge in [-0.2, -0.15) is 4.98 Å². The minimum absolute atomic E-state index is 0.0458. The largest absolute Gasteiger partial charge is 0.489 e. The lowest BCUT2D eigenvalue weighted by molar-refractivity contribution is 0.232. The molecule has 0 bridgehead atoms. The summed E-state index contributed by atoms with van der Waals surface area (Å²) in [6.45, 7) is 4.25. The van der Waals surface area contributed by atoms with Crippen LogP contribution in [0.4, 0.5) is 11.8 Å². The van der Waals surface area contributed by atoms with E-state index >= 15 is 0 Å². The first-order chi connectivity index (χ1) is 14.8. The monoisotopic (exact) mass is 396 g/mol. The van der Waals surface area contributed by atoms with Crippen molar-refractivity contribution >= 4 is 22.7 Å². The van der Waals surface area contributed by atoms with Crippen LogP contribution in [0.5, 0.6) is 5.75 Å². The summed E-state index contributed by atoms with van der Waals surface area (Å²) in [5, 5.41) is 4.55. The zero-order chi connectivity index (χ0) is 20.3. The van der Waals surface area contributed by atoms with Crippen LogP contribution < -0.4 is 15.0 Å². The predicted molar refractivity (Wildman–Crippen MR) is 121 cm³/mol. The van der Waals surface area contributed by atoms with E-state index in [0.717, 1.165) is 47.1 Å². The van der Waals surface area contributed by atoms with E-state index in [0.29, 0.717) is 6.54 Å². The Labute approximate surface area is 176 Å². The highest BCUT2D eigenvalue weighted by molar-refractivity contribution is 5.90. The Bertz CT molecular complexity index is 1160. The van der Waals surface area contributed by atoms with Gasteiger partial charge < -0.3 is 15.0 Å². The van der Waals surface area contributed by atoms with Gasteiger partial charge in [0, 0.05) is 24.0 Å². The smallest absolute Gasteiger partial charge is 0.228 e. The number of nitrogens with one attached hydrogen (secondary N) is 1. The zero-order valence-corrected chi connectivity index (χ0v) is 17.0. The van der Waals surface area contributed by atoms with Gasteiger partial charge in [-0.15, -0.1) is 0 Å². The maximum absolute atomic E-state index is 6.12. The number of ether oxygens (including phenoxy) is 1. The van der Waals surface area contributed by atoms with E-state index in [4.69, 9.17) is 14.7 Å². The molecule has 1 atom stereocenters. The maximum Gasteiger partial charge on any atom is 0.228 e. The molecule has 2 heterocycles. The van der Waals surface area contributed by atoms with Crippen LogP contribution in [0.3, 0.4) is 0 Å². The molecule has 1 aliphatic rings. The van der Waals surface area contributed by atoms with E-state index < -0.39 is 0 Å². The van der Waals surface area contributed by atoms with Gasteiger partial charge >= 0.3 is 0 Å². The van der Waals surface area contributed by atoms with Gasteiger partial charge in [-0.05, 0) is 30.7 Å². The van der Waals surface area contributed by atoms with Gasteiger partial charge in [0.2, 0.25) is 5.95 Å². The number of aromatic nitrogens is 2. The molecule has 0 spiro atoms. The van der Waals surface area contributed by atoms with Crippen molar-refractivity contribution in [2.45, 2.75) is 26.1 Å². The number of rotatable bonds is 4. The molecule has 5 rings (SSSR count). The molecule has 0 saturated heterocycles. The van der Waals surface area contributed by atoms with E-state index in [-0.39, 0.29) is 6.10 Å². The normalized spacial score (nSPS) is 15.9. The third kappa shape index (κ3) is 3.79. The SMILES string of the molecule is CC1CN(c2nc(NCc3ccccc3)c3ccccc3n2)Cc2ccccc2O1. The molecular formula is C25H24N4O. The molecule has 5 heteroatoms. The molecule has 150 valence electrons. The first-order valence-corrected chi connectivity index (χ1v) is 10.3. The highest BCUT2D eigenvalue weighted by Crippen LogP contribution is 2.29. The molecule has 1 aromatic heterocycles. The summed E-state index contributed by atoms with van der Waals surface area (Å²) in [6.07, 6.45) is 0.0458. The minimum Gasteiger partial charge on any atom is -0.489 e. The van der Waals surface area contributed by atoms with Gasteiger partial charge in [0.05, 0.1) is 12.1 Å². The van der Waals surface area contributed by atoms with Crippen LogP contribution in [0, 0.1) is 0 Å². The molecule has 5 nitrogen and oxygen atoms in total. The van der Waals surface area contributed by atoms with Crippen LogP contribution in [-0.2, 0) is 13.1 Å². The van der Waals surface area contributed by atoms with E-state index in [1.54, 1.807) is 0 Å². The third-order valence-electron chi connectivity index (χ3n) is 5.32. The predicted octanol–water partition coefficient (Wildman–Crippen LogP) is 5.03. The Morgan fingerprint density at radius 1 is 0.933 bits per heavy atom. The summed E-state index contributed by atoms with van der Waals surface area (Å²) in [7, 11) is 0. The number of hydrogen-bond acceptors (Lipinski definition) is 5. The third-order valence-corrected chi connectivity index (χ3v) is 5.32. The second kappa shape index (κ2) is 8.03.